The number of nitrogens with one attached hydrogen (secondary N) is 1. The molecule has 0 aliphatic carbocycles. The highest BCUT2D eigenvalue weighted by molar-refractivity contribution is 5.84. The normalized spacial score (nSPS) is 11.6. The molecule has 92 valence electrons. The van der Waals surface area contributed by atoms with Crippen molar-refractivity contribution in [2.75, 3.05) is 13.7 Å². The van der Waals surface area contributed by atoms with Crippen molar-refractivity contribution < 1.29 is 24.2 Å². The van der Waals surface area contributed by atoms with E-state index in [0.717, 1.165) is 0 Å². The van der Waals surface area contributed by atoms with Crippen LogP contribution in [0.3, 0.4) is 0 Å². The molecule has 0 saturated heterocycles. The van der Waals surface area contributed by atoms with Gasteiger partial charge >= 0.3 is 11.9 Å². The predicted molar refractivity (Wildman–Crippen MR) is 54.5 cm³/mol. The van der Waals surface area contributed by atoms with Crippen LogP contribution in [0, 0.1) is 0 Å². The highest BCUT2D eigenvalue weighted by Gasteiger charge is 2.20. The van der Waals surface area contributed by atoms with Gasteiger partial charge in [0.2, 0.25) is 5.91 Å². The Hall–Kier alpha value is -1.63. The van der Waals surface area contributed by atoms with Gasteiger partial charge in [0.15, 0.2) is 0 Å². The first-order chi connectivity index (χ1) is 7.51. The van der Waals surface area contributed by atoms with Crippen molar-refractivity contribution in [3.63, 3.8) is 0 Å². The smallest absolute Gasteiger partial charge is 0.326 e. The van der Waals surface area contributed by atoms with Crippen molar-refractivity contribution in [3.8, 4) is 0 Å². The molecule has 4 N–H and O–H groups in total. The number of hydrogen-bond donors (Lipinski definition) is 3. The molecule has 0 aliphatic rings. The van der Waals surface area contributed by atoms with Crippen LogP contribution in [0.15, 0.2) is 0 Å². The summed E-state index contributed by atoms with van der Waals surface area (Å²) in [4.78, 5) is 32.6. The SMILES string of the molecule is COC(=O)CCC(NC(=O)CCN)C(=O)O. The van der Waals surface area contributed by atoms with E-state index in [9.17, 15) is 14.4 Å². The molecule has 1 amide bonds. The van der Waals surface area contributed by atoms with Crippen LogP contribution in [-0.2, 0) is 19.1 Å². The van der Waals surface area contributed by atoms with E-state index in [-0.39, 0.29) is 25.8 Å². The third kappa shape index (κ3) is 5.97. The summed E-state index contributed by atoms with van der Waals surface area (Å²) < 4.78 is 4.37. The summed E-state index contributed by atoms with van der Waals surface area (Å²) in [6.07, 6.45) is -0.00328. The first-order valence-electron chi connectivity index (χ1n) is 4.80. The lowest BCUT2D eigenvalue weighted by Crippen LogP contribution is -2.41. The first-order valence-corrected chi connectivity index (χ1v) is 4.80. The van der Waals surface area contributed by atoms with Gasteiger partial charge in [-0.05, 0) is 6.42 Å². The first kappa shape index (κ1) is 14.4. The number of nitrogens with two attached hydrogens (primary N) is 1. The van der Waals surface area contributed by atoms with Crippen LogP contribution in [0.2, 0.25) is 0 Å². The molecule has 1 atom stereocenters. The van der Waals surface area contributed by atoms with E-state index in [2.05, 4.69) is 10.1 Å². The Kier molecular flexibility index (Phi) is 6.86. The lowest BCUT2D eigenvalue weighted by molar-refractivity contribution is -0.144. The van der Waals surface area contributed by atoms with Gasteiger partial charge in [-0.1, -0.05) is 0 Å². The fourth-order valence-electron chi connectivity index (χ4n) is 1.02. The Labute approximate surface area is 92.9 Å². The monoisotopic (exact) mass is 232 g/mol. The van der Waals surface area contributed by atoms with Crippen molar-refractivity contribution in [3.05, 3.63) is 0 Å². The van der Waals surface area contributed by atoms with Gasteiger partial charge in [0, 0.05) is 19.4 Å². The van der Waals surface area contributed by atoms with Crippen LogP contribution in [0.25, 0.3) is 0 Å². The number of hydrogen-bond acceptors (Lipinski definition) is 5. The maximum Gasteiger partial charge on any atom is 0.326 e. The van der Waals surface area contributed by atoms with E-state index >= 15 is 0 Å². The lowest BCUT2D eigenvalue weighted by atomic mass is 10.1. The highest BCUT2D eigenvalue weighted by Crippen LogP contribution is 2.00. The molecule has 0 aromatic heterocycles. The molecular formula is C9H16N2O5. The molecule has 1 unspecified atom stereocenters. The molecule has 0 aromatic carbocycles. The highest BCUT2D eigenvalue weighted by atomic mass is 16.5. The molecule has 0 radical (unpaired) electrons. The largest absolute Gasteiger partial charge is 0.480 e. The summed E-state index contributed by atoms with van der Waals surface area (Å²) in [6, 6.07) is -1.09. The Morgan fingerprint density at radius 1 is 1.38 bits per heavy atom. The fraction of sp³-hybridized carbons (Fsp3) is 0.667. The quantitative estimate of drug-likeness (QED) is 0.477. The number of ether oxygens (including phenoxy) is 1. The molecule has 0 rings (SSSR count). The predicted octanol–water partition coefficient (Wildman–Crippen LogP) is -1.14. The van der Waals surface area contributed by atoms with E-state index in [1.165, 1.54) is 7.11 Å². The van der Waals surface area contributed by atoms with Gasteiger partial charge in [-0.25, -0.2) is 4.79 Å². The summed E-state index contributed by atoms with van der Waals surface area (Å²) in [5.74, 6) is -2.15. The zero-order chi connectivity index (χ0) is 12.6. The van der Waals surface area contributed by atoms with Crippen LogP contribution in [0.1, 0.15) is 19.3 Å². The van der Waals surface area contributed by atoms with Crippen LogP contribution >= 0.6 is 0 Å². The van der Waals surface area contributed by atoms with Crippen molar-refractivity contribution in [2.24, 2.45) is 5.73 Å². The van der Waals surface area contributed by atoms with Crippen molar-refractivity contribution >= 4 is 17.8 Å². The molecule has 0 aliphatic heterocycles. The second-order valence-corrected chi connectivity index (χ2v) is 3.11. The number of carbonyl (C=O) groups is 3. The van der Waals surface area contributed by atoms with Gasteiger partial charge in [-0.15, -0.1) is 0 Å². The fourth-order valence-corrected chi connectivity index (χ4v) is 1.02. The van der Waals surface area contributed by atoms with Gasteiger partial charge < -0.3 is 20.9 Å². The molecule has 0 saturated carbocycles. The van der Waals surface area contributed by atoms with E-state index in [1.54, 1.807) is 0 Å². The molecule has 0 spiro atoms. The Bertz CT molecular complexity index is 267. The number of aliphatic carboxylic acids is 1. The zero-order valence-corrected chi connectivity index (χ0v) is 9.06. The van der Waals surface area contributed by atoms with Crippen LogP contribution in [-0.4, -0.2) is 42.6 Å². The van der Waals surface area contributed by atoms with E-state index in [1.807, 2.05) is 0 Å². The third-order valence-electron chi connectivity index (χ3n) is 1.87. The minimum Gasteiger partial charge on any atom is -0.480 e. The minimum atomic E-state index is -1.19. The average Bonchev–Trinajstić information content (AvgIpc) is 2.23. The standard InChI is InChI=1S/C9H16N2O5/c1-16-8(13)3-2-6(9(14)15)11-7(12)4-5-10/h6H,2-5,10H2,1H3,(H,11,12)(H,14,15). The maximum absolute atomic E-state index is 11.1. The number of methoxy groups -OCH3 is 1. The van der Waals surface area contributed by atoms with E-state index in [4.69, 9.17) is 10.8 Å². The van der Waals surface area contributed by atoms with Crippen LogP contribution in [0.5, 0.6) is 0 Å². The van der Waals surface area contributed by atoms with Crippen LogP contribution in [0.4, 0.5) is 0 Å². The van der Waals surface area contributed by atoms with Gasteiger partial charge in [0.25, 0.3) is 0 Å². The van der Waals surface area contributed by atoms with Crippen LogP contribution < -0.4 is 11.1 Å². The number of carbonyl (C=O) groups excluding carboxylic acids is 2. The summed E-state index contributed by atoms with van der Waals surface area (Å²) in [6.45, 7) is 0.148. The second kappa shape index (κ2) is 7.63. The summed E-state index contributed by atoms with van der Waals surface area (Å²) in [5.41, 5.74) is 5.14. The van der Waals surface area contributed by atoms with Crippen molar-refractivity contribution in [1.82, 2.24) is 5.32 Å². The molecule has 0 aromatic rings. The minimum absolute atomic E-state index is 0.00167. The maximum atomic E-state index is 11.1. The summed E-state index contributed by atoms with van der Waals surface area (Å²) in [5, 5.41) is 11.0. The Balaban J connectivity index is 4.12. The van der Waals surface area contributed by atoms with E-state index in [0.29, 0.717) is 0 Å². The molecule has 0 bridgehead atoms. The Morgan fingerprint density at radius 2 is 2.00 bits per heavy atom. The second-order valence-electron chi connectivity index (χ2n) is 3.11. The average molecular weight is 232 g/mol. The van der Waals surface area contributed by atoms with Gasteiger partial charge in [-0.3, -0.25) is 9.59 Å². The zero-order valence-electron chi connectivity index (χ0n) is 9.06. The van der Waals surface area contributed by atoms with Gasteiger partial charge in [0.05, 0.1) is 7.11 Å². The summed E-state index contributed by atoms with van der Waals surface area (Å²) >= 11 is 0. The topological polar surface area (TPSA) is 119 Å². The third-order valence-corrected chi connectivity index (χ3v) is 1.87. The van der Waals surface area contributed by atoms with Gasteiger partial charge in [0.1, 0.15) is 6.04 Å². The number of amides is 1. The molecule has 0 fully saturated rings. The summed E-state index contributed by atoms with van der Waals surface area (Å²) in [7, 11) is 1.21. The van der Waals surface area contributed by atoms with Gasteiger partial charge in [-0.2, -0.15) is 0 Å². The molecular weight excluding hydrogens is 216 g/mol. The number of esters is 1. The molecule has 7 nitrogen and oxygen atoms in total. The molecule has 0 heterocycles. The molecule has 7 heteroatoms. The van der Waals surface area contributed by atoms with Crippen molar-refractivity contribution in [2.45, 2.75) is 25.3 Å². The van der Waals surface area contributed by atoms with Crippen molar-refractivity contribution in [1.29, 1.82) is 0 Å². The molecule has 16 heavy (non-hydrogen) atoms. The number of rotatable bonds is 7. The lowest BCUT2D eigenvalue weighted by Gasteiger charge is -2.13. The number of carboxylic acids is 1. The number of carboxylic acid groups (broad SMARTS) is 1. The Morgan fingerprint density at radius 3 is 2.44 bits per heavy atom. The van der Waals surface area contributed by atoms with E-state index < -0.39 is 23.9 Å².